The van der Waals surface area contributed by atoms with Crippen LogP contribution < -0.4 is 0 Å². The van der Waals surface area contributed by atoms with Crippen LogP contribution in [0.2, 0.25) is 0 Å². The van der Waals surface area contributed by atoms with Crippen molar-refractivity contribution in [1.29, 1.82) is 0 Å². The Balaban J connectivity index is 3.08. The molecule has 1 N–H and O–H groups in total. The molecule has 0 spiro atoms. The van der Waals surface area contributed by atoms with Gasteiger partial charge in [-0.1, -0.05) is 0 Å². The zero-order valence-corrected chi connectivity index (χ0v) is 7.54. The number of halogens is 3. The number of hydrogen-bond donors (Lipinski definition) is 1. The van der Waals surface area contributed by atoms with E-state index in [1.807, 2.05) is 0 Å². The van der Waals surface area contributed by atoms with Crippen molar-refractivity contribution in [2.24, 2.45) is 0 Å². The van der Waals surface area contributed by atoms with Crippen molar-refractivity contribution in [3.05, 3.63) is 11.8 Å². The molecule has 0 fully saturated rings. The molecule has 2 amide bonds. The van der Waals surface area contributed by atoms with E-state index in [4.69, 9.17) is 5.11 Å². The number of rotatable bonds is 0. The zero-order chi connectivity index (χ0) is 11.1. The first-order valence-corrected chi connectivity index (χ1v) is 3.72. The summed E-state index contributed by atoms with van der Waals surface area (Å²) in [5.41, 5.74) is -1.15. The average Bonchev–Trinajstić information content (AvgIpc) is 2.06. The number of aliphatic hydroxyl groups excluding tert-OH is 1. The highest BCUT2D eigenvalue weighted by molar-refractivity contribution is 5.77. The first kappa shape index (κ1) is 10.8. The molecule has 0 saturated carbocycles. The number of amides is 2. The predicted molar refractivity (Wildman–Crippen MR) is 41.1 cm³/mol. The summed E-state index contributed by atoms with van der Waals surface area (Å²) in [6.07, 6.45) is -5.58. The summed E-state index contributed by atoms with van der Waals surface area (Å²) in [7, 11) is 2.22. The lowest BCUT2D eigenvalue weighted by molar-refractivity contribution is -0.112. The van der Waals surface area contributed by atoms with Crippen molar-refractivity contribution in [2.45, 2.75) is 12.4 Å². The van der Waals surface area contributed by atoms with Gasteiger partial charge in [0.1, 0.15) is 5.70 Å². The second-order valence-electron chi connectivity index (χ2n) is 2.92. The smallest absolute Gasteiger partial charge is 0.370 e. The molecule has 0 bridgehead atoms. The minimum atomic E-state index is -4.63. The van der Waals surface area contributed by atoms with Crippen molar-refractivity contribution in [1.82, 2.24) is 9.80 Å². The molecule has 0 saturated heterocycles. The van der Waals surface area contributed by atoms with Crippen LogP contribution in [0.25, 0.3) is 0 Å². The molecule has 7 heteroatoms. The average molecular weight is 210 g/mol. The third-order valence-electron chi connectivity index (χ3n) is 1.94. The SMILES string of the molecule is CN1C(=O)N(C)C(O)C=C1C(F)(F)F. The highest BCUT2D eigenvalue weighted by Gasteiger charge is 2.43. The van der Waals surface area contributed by atoms with E-state index >= 15 is 0 Å². The minimum Gasteiger partial charge on any atom is -0.370 e. The fraction of sp³-hybridized carbons (Fsp3) is 0.571. The van der Waals surface area contributed by atoms with E-state index in [1.165, 1.54) is 7.05 Å². The molecule has 0 aromatic carbocycles. The molecule has 4 nitrogen and oxygen atoms in total. The van der Waals surface area contributed by atoms with Crippen LogP contribution in [0.5, 0.6) is 0 Å². The molecular weight excluding hydrogens is 201 g/mol. The second-order valence-corrected chi connectivity index (χ2v) is 2.92. The van der Waals surface area contributed by atoms with Crippen molar-refractivity contribution in [3.8, 4) is 0 Å². The Bertz CT molecular complexity index is 287. The summed E-state index contributed by atoms with van der Waals surface area (Å²) in [6.45, 7) is 0. The van der Waals surface area contributed by atoms with Crippen LogP contribution in [0.3, 0.4) is 0 Å². The standard InChI is InChI=1S/C7H9F3N2O2/c1-11-4(7(8,9)10)3-5(13)12(2)6(11)14/h3,5,13H,1-2H3. The van der Waals surface area contributed by atoms with Crippen LogP contribution in [0, 0.1) is 0 Å². The monoisotopic (exact) mass is 210 g/mol. The van der Waals surface area contributed by atoms with E-state index in [1.54, 1.807) is 0 Å². The molecule has 1 aliphatic heterocycles. The van der Waals surface area contributed by atoms with E-state index in [2.05, 4.69) is 0 Å². The van der Waals surface area contributed by atoms with Crippen molar-refractivity contribution >= 4 is 6.03 Å². The quantitative estimate of drug-likeness (QED) is 0.641. The third kappa shape index (κ3) is 1.67. The van der Waals surface area contributed by atoms with E-state index in [0.29, 0.717) is 11.0 Å². The van der Waals surface area contributed by atoms with Gasteiger partial charge in [-0.05, 0) is 6.08 Å². The van der Waals surface area contributed by atoms with Crippen molar-refractivity contribution in [2.75, 3.05) is 14.1 Å². The summed E-state index contributed by atoms with van der Waals surface area (Å²) in [6, 6.07) is -0.896. The largest absolute Gasteiger partial charge is 0.431 e. The van der Waals surface area contributed by atoms with Crippen LogP contribution in [-0.4, -0.2) is 47.4 Å². The number of carbonyl (C=O) groups excluding carboxylic acids is 1. The second kappa shape index (κ2) is 3.16. The van der Waals surface area contributed by atoms with Gasteiger partial charge in [0.2, 0.25) is 0 Å². The Kier molecular flexibility index (Phi) is 2.45. The van der Waals surface area contributed by atoms with Crippen LogP contribution in [-0.2, 0) is 0 Å². The van der Waals surface area contributed by atoms with Crippen LogP contribution in [0.1, 0.15) is 0 Å². The van der Waals surface area contributed by atoms with Gasteiger partial charge in [-0.3, -0.25) is 9.80 Å². The highest BCUT2D eigenvalue weighted by Crippen LogP contribution is 2.31. The van der Waals surface area contributed by atoms with E-state index < -0.39 is 24.1 Å². The highest BCUT2D eigenvalue weighted by atomic mass is 19.4. The number of aliphatic hydroxyl groups is 1. The molecule has 0 aromatic heterocycles. The van der Waals surface area contributed by atoms with Gasteiger partial charge in [-0.15, -0.1) is 0 Å². The summed E-state index contributed by atoms with van der Waals surface area (Å²) >= 11 is 0. The molecule has 1 aliphatic rings. The number of nitrogens with zero attached hydrogens (tertiary/aromatic N) is 2. The maximum absolute atomic E-state index is 12.3. The van der Waals surface area contributed by atoms with Gasteiger partial charge >= 0.3 is 12.2 Å². The van der Waals surface area contributed by atoms with Gasteiger partial charge in [0.25, 0.3) is 0 Å². The Hall–Kier alpha value is -1.24. The summed E-state index contributed by atoms with van der Waals surface area (Å²) < 4.78 is 36.8. The van der Waals surface area contributed by atoms with Gasteiger partial charge in [-0.25, -0.2) is 4.79 Å². The topological polar surface area (TPSA) is 43.8 Å². The molecular formula is C7H9F3N2O2. The number of urea groups is 1. The zero-order valence-electron chi connectivity index (χ0n) is 7.54. The van der Waals surface area contributed by atoms with Crippen LogP contribution in [0.15, 0.2) is 11.8 Å². The molecule has 14 heavy (non-hydrogen) atoms. The van der Waals surface area contributed by atoms with Crippen molar-refractivity contribution in [3.63, 3.8) is 0 Å². The molecule has 0 aromatic rings. The predicted octanol–water partition coefficient (Wildman–Crippen LogP) is 0.748. The third-order valence-corrected chi connectivity index (χ3v) is 1.94. The van der Waals surface area contributed by atoms with Gasteiger partial charge < -0.3 is 5.11 Å². The van der Waals surface area contributed by atoms with E-state index in [-0.39, 0.29) is 0 Å². The van der Waals surface area contributed by atoms with Gasteiger partial charge in [0.15, 0.2) is 6.23 Å². The fourth-order valence-corrected chi connectivity index (χ4v) is 1.10. The molecule has 1 heterocycles. The summed E-state index contributed by atoms with van der Waals surface area (Å²) in [5, 5.41) is 9.10. The number of hydrogen-bond acceptors (Lipinski definition) is 2. The molecule has 1 atom stereocenters. The number of allylic oxidation sites excluding steroid dienone is 1. The Morgan fingerprint density at radius 2 is 1.93 bits per heavy atom. The normalized spacial score (nSPS) is 24.0. The van der Waals surface area contributed by atoms with Gasteiger partial charge in [0.05, 0.1) is 0 Å². The molecule has 0 radical (unpaired) electrons. The maximum atomic E-state index is 12.3. The Morgan fingerprint density at radius 1 is 1.43 bits per heavy atom. The summed E-state index contributed by atoms with van der Waals surface area (Å²) in [4.78, 5) is 12.4. The summed E-state index contributed by atoms with van der Waals surface area (Å²) in [5.74, 6) is 0. The Morgan fingerprint density at radius 3 is 2.36 bits per heavy atom. The molecule has 80 valence electrons. The number of carbonyl (C=O) groups is 1. The molecule has 0 aliphatic carbocycles. The van der Waals surface area contributed by atoms with Crippen molar-refractivity contribution < 1.29 is 23.1 Å². The number of likely N-dealkylation sites (N-methyl/N-ethyl adjacent to an activating group) is 1. The van der Waals surface area contributed by atoms with Crippen LogP contribution in [0.4, 0.5) is 18.0 Å². The van der Waals surface area contributed by atoms with E-state index in [0.717, 1.165) is 11.9 Å². The maximum Gasteiger partial charge on any atom is 0.431 e. The number of alkyl halides is 3. The molecule has 1 rings (SSSR count). The minimum absolute atomic E-state index is 0.451. The van der Waals surface area contributed by atoms with Gasteiger partial charge in [0, 0.05) is 14.1 Å². The van der Waals surface area contributed by atoms with Gasteiger partial charge in [-0.2, -0.15) is 13.2 Å². The first-order valence-electron chi connectivity index (χ1n) is 3.72. The van der Waals surface area contributed by atoms with E-state index in [9.17, 15) is 18.0 Å². The molecule has 1 unspecified atom stereocenters. The lowest BCUT2D eigenvalue weighted by Crippen LogP contribution is -2.50. The fourth-order valence-electron chi connectivity index (χ4n) is 1.10. The lowest BCUT2D eigenvalue weighted by Gasteiger charge is -2.34. The Labute approximate surface area is 78.2 Å². The van der Waals surface area contributed by atoms with Crippen LogP contribution >= 0.6 is 0 Å². The lowest BCUT2D eigenvalue weighted by atomic mass is 10.2. The first-order chi connectivity index (χ1) is 6.25.